The van der Waals surface area contributed by atoms with Gasteiger partial charge in [0.15, 0.2) is 0 Å². The second kappa shape index (κ2) is 5.38. The van der Waals surface area contributed by atoms with Crippen LogP contribution in [0, 0.1) is 0 Å². The first-order valence-electron chi connectivity index (χ1n) is 3.56. The maximum absolute atomic E-state index is 10.6. The lowest BCUT2D eigenvalue weighted by Gasteiger charge is -2.01. The van der Waals surface area contributed by atoms with Crippen LogP contribution in [-0.4, -0.2) is 23.5 Å². The molecule has 0 saturated carbocycles. The number of Topliss-reactive ketones (excluding diaryl/α,β-unsaturated/α-hetero) is 1. The number of nitrogens with two attached hydrogens (primary N) is 1. The van der Waals surface area contributed by atoms with Crippen molar-refractivity contribution in [2.45, 2.75) is 32.3 Å². The minimum Gasteiger partial charge on any atom is -0.393 e. The minimum absolute atomic E-state index is 0.0700. The SMILES string of the molecule is C[C@@H](O)CCCC(=O)CN. The van der Waals surface area contributed by atoms with Crippen molar-refractivity contribution in [3.63, 3.8) is 0 Å². The van der Waals surface area contributed by atoms with Gasteiger partial charge in [-0.15, -0.1) is 0 Å². The molecule has 3 nitrogen and oxygen atoms in total. The van der Waals surface area contributed by atoms with Crippen LogP contribution in [0.1, 0.15) is 26.2 Å². The van der Waals surface area contributed by atoms with Crippen molar-refractivity contribution in [1.82, 2.24) is 0 Å². The summed E-state index contributed by atoms with van der Waals surface area (Å²) in [7, 11) is 0. The number of rotatable bonds is 5. The summed E-state index contributed by atoms with van der Waals surface area (Å²) in [6.07, 6.45) is 1.63. The Labute approximate surface area is 61.2 Å². The average molecular weight is 145 g/mol. The third-order valence-corrected chi connectivity index (χ3v) is 1.31. The van der Waals surface area contributed by atoms with E-state index in [1.807, 2.05) is 0 Å². The largest absolute Gasteiger partial charge is 0.393 e. The molecular weight excluding hydrogens is 130 g/mol. The van der Waals surface area contributed by atoms with Gasteiger partial charge in [0.2, 0.25) is 0 Å². The van der Waals surface area contributed by atoms with Crippen LogP contribution in [-0.2, 0) is 4.79 Å². The van der Waals surface area contributed by atoms with Crippen molar-refractivity contribution in [3.8, 4) is 0 Å². The van der Waals surface area contributed by atoms with Crippen molar-refractivity contribution in [2.24, 2.45) is 5.73 Å². The number of hydrogen-bond donors (Lipinski definition) is 2. The van der Waals surface area contributed by atoms with Gasteiger partial charge >= 0.3 is 0 Å². The van der Waals surface area contributed by atoms with Crippen molar-refractivity contribution < 1.29 is 9.90 Å². The Balaban J connectivity index is 3.12. The molecule has 3 N–H and O–H groups in total. The number of carbonyl (C=O) groups excluding carboxylic acids is 1. The standard InChI is InChI=1S/C7H15NO2/c1-6(9)3-2-4-7(10)5-8/h6,9H,2-5,8H2,1H3/t6-/m1/s1. The third-order valence-electron chi connectivity index (χ3n) is 1.31. The van der Waals surface area contributed by atoms with Crippen LogP contribution in [0.3, 0.4) is 0 Å². The predicted molar refractivity (Wildman–Crippen MR) is 39.6 cm³/mol. The zero-order valence-electron chi connectivity index (χ0n) is 6.34. The van der Waals surface area contributed by atoms with Crippen LogP contribution in [0.15, 0.2) is 0 Å². The number of aliphatic hydroxyl groups excluding tert-OH is 1. The van der Waals surface area contributed by atoms with Crippen molar-refractivity contribution in [3.05, 3.63) is 0 Å². The number of ketones is 1. The van der Waals surface area contributed by atoms with Crippen molar-refractivity contribution in [2.75, 3.05) is 6.54 Å². The van der Waals surface area contributed by atoms with Crippen LogP contribution in [0.25, 0.3) is 0 Å². The lowest BCUT2D eigenvalue weighted by atomic mass is 10.1. The molecule has 0 spiro atoms. The first-order valence-corrected chi connectivity index (χ1v) is 3.56. The fourth-order valence-electron chi connectivity index (χ4n) is 0.697. The Morgan fingerprint density at radius 2 is 2.30 bits per heavy atom. The molecule has 0 heterocycles. The molecular formula is C7H15NO2. The van der Waals surface area contributed by atoms with Gasteiger partial charge < -0.3 is 10.8 Å². The molecule has 0 unspecified atom stereocenters. The molecule has 0 aromatic rings. The molecule has 0 amide bonds. The van der Waals surface area contributed by atoms with Gasteiger partial charge in [-0.3, -0.25) is 4.79 Å². The molecule has 0 radical (unpaired) electrons. The molecule has 60 valence electrons. The predicted octanol–water partition coefficient (Wildman–Crippen LogP) is 0.0653. The molecule has 3 heteroatoms. The summed E-state index contributed by atoms with van der Waals surface area (Å²) in [4.78, 5) is 10.6. The molecule has 0 aromatic carbocycles. The van der Waals surface area contributed by atoms with E-state index in [0.29, 0.717) is 12.8 Å². The molecule has 0 bridgehead atoms. The highest BCUT2D eigenvalue weighted by molar-refractivity contribution is 5.80. The average Bonchev–Trinajstić information content (AvgIpc) is 1.87. The van der Waals surface area contributed by atoms with Crippen LogP contribution in [0.4, 0.5) is 0 Å². The molecule has 0 aromatic heterocycles. The summed E-state index contributed by atoms with van der Waals surface area (Å²) in [5, 5.41) is 8.80. The van der Waals surface area contributed by atoms with Crippen molar-refractivity contribution >= 4 is 5.78 Å². The van der Waals surface area contributed by atoms with E-state index in [4.69, 9.17) is 10.8 Å². The molecule has 0 aliphatic heterocycles. The zero-order chi connectivity index (χ0) is 7.98. The highest BCUT2D eigenvalue weighted by Crippen LogP contribution is 1.99. The summed E-state index contributed by atoms with van der Waals surface area (Å²) in [6, 6.07) is 0. The van der Waals surface area contributed by atoms with Gasteiger partial charge in [-0.1, -0.05) is 0 Å². The van der Waals surface area contributed by atoms with Crippen LogP contribution >= 0.6 is 0 Å². The van der Waals surface area contributed by atoms with E-state index in [9.17, 15) is 4.79 Å². The van der Waals surface area contributed by atoms with Gasteiger partial charge in [-0.05, 0) is 19.8 Å². The summed E-state index contributed by atoms with van der Waals surface area (Å²) in [5.74, 6) is 0.0700. The van der Waals surface area contributed by atoms with Gasteiger partial charge in [0.1, 0.15) is 5.78 Å². The maximum Gasteiger partial charge on any atom is 0.146 e. The molecule has 0 aliphatic rings. The fourth-order valence-corrected chi connectivity index (χ4v) is 0.697. The van der Waals surface area contributed by atoms with E-state index < -0.39 is 0 Å². The van der Waals surface area contributed by atoms with Gasteiger partial charge in [0.05, 0.1) is 12.6 Å². The number of aliphatic hydroxyl groups is 1. The normalized spacial score (nSPS) is 13.1. The number of hydrogen-bond acceptors (Lipinski definition) is 3. The first-order chi connectivity index (χ1) is 4.66. The fraction of sp³-hybridized carbons (Fsp3) is 0.857. The summed E-state index contributed by atoms with van der Waals surface area (Å²) in [5.41, 5.74) is 5.08. The minimum atomic E-state index is -0.300. The zero-order valence-corrected chi connectivity index (χ0v) is 6.34. The lowest BCUT2D eigenvalue weighted by molar-refractivity contribution is -0.117. The van der Waals surface area contributed by atoms with E-state index >= 15 is 0 Å². The van der Waals surface area contributed by atoms with Gasteiger partial charge in [-0.2, -0.15) is 0 Å². The summed E-state index contributed by atoms with van der Waals surface area (Å²) in [6.45, 7) is 1.84. The van der Waals surface area contributed by atoms with Gasteiger partial charge in [-0.25, -0.2) is 0 Å². The summed E-state index contributed by atoms with van der Waals surface area (Å²) >= 11 is 0. The van der Waals surface area contributed by atoms with Crippen LogP contribution < -0.4 is 5.73 Å². The highest BCUT2D eigenvalue weighted by Gasteiger charge is 1.99. The molecule has 0 rings (SSSR count). The third kappa shape index (κ3) is 5.72. The maximum atomic E-state index is 10.6. The molecule has 0 fully saturated rings. The molecule has 10 heavy (non-hydrogen) atoms. The van der Waals surface area contributed by atoms with E-state index in [-0.39, 0.29) is 18.4 Å². The Bertz CT molecular complexity index is 102. The Hall–Kier alpha value is -0.410. The monoisotopic (exact) mass is 145 g/mol. The van der Waals surface area contributed by atoms with E-state index in [1.54, 1.807) is 6.92 Å². The van der Waals surface area contributed by atoms with E-state index in [1.165, 1.54) is 0 Å². The second-order valence-corrected chi connectivity index (χ2v) is 2.48. The van der Waals surface area contributed by atoms with Gasteiger partial charge in [0.25, 0.3) is 0 Å². The van der Waals surface area contributed by atoms with Crippen LogP contribution in [0.5, 0.6) is 0 Å². The van der Waals surface area contributed by atoms with Crippen LogP contribution in [0.2, 0.25) is 0 Å². The molecule has 0 saturated heterocycles. The quantitative estimate of drug-likeness (QED) is 0.575. The van der Waals surface area contributed by atoms with Crippen molar-refractivity contribution in [1.29, 1.82) is 0 Å². The Morgan fingerprint density at radius 1 is 1.70 bits per heavy atom. The topological polar surface area (TPSA) is 63.3 Å². The Kier molecular flexibility index (Phi) is 5.16. The van der Waals surface area contributed by atoms with E-state index in [0.717, 1.165) is 6.42 Å². The first kappa shape index (κ1) is 9.59. The highest BCUT2D eigenvalue weighted by atomic mass is 16.3. The smallest absolute Gasteiger partial charge is 0.146 e. The van der Waals surface area contributed by atoms with E-state index in [2.05, 4.69) is 0 Å². The summed E-state index contributed by atoms with van der Waals surface area (Å²) < 4.78 is 0. The second-order valence-electron chi connectivity index (χ2n) is 2.48. The molecule has 0 aliphatic carbocycles. The molecule has 1 atom stereocenters. The number of carbonyl (C=O) groups is 1. The van der Waals surface area contributed by atoms with Gasteiger partial charge in [0, 0.05) is 6.42 Å². The Morgan fingerprint density at radius 3 is 2.70 bits per heavy atom. The lowest BCUT2D eigenvalue weighted by Crippen LogP contribution is -2.13.